The zero-order valence-electron chi connectivity index (χ0n) is 16.3. The van der Waals surface area contributed by atoms with Gasteiger partial charge in [0.05, 0.1) is 12.6 Å². The molecule has 0 bridgehead atoms. The lowest BCUT2D eigenvalue weighted by Gasteiger charge is -2.35. The van der Waals surface area contributed by atoms with Crippen LogP contribution in [0.4, 0.5) is 0 Å². The summed E-state index contributed by atoms with van der Waals surface area (Å²) in [4.78, 5) is 4.97. The highest BCUT2D eigenvalue weighted by Gasteiger charge is 2.20. The minimum atomic E-state index is -0.355. The van der Waals surface area contributed by atoms with E-state index >= 15 is 0 Å². The summed E-state index contributed by atoms with van der Waals surface area (Å²) in [5.74, 6) is 0. The van der Waals surface area contributed by atoms with E-state index in [-0.39, 0.29) is 6.10 Å². The minimum Gasteiger partial charge on any atom is -0.390 e. The van der Waals surface area contributed by atoms with Crippen molar-refractivity contribution in [1.29, 1.82) is 0 Å². The normalized spacial score (nSPS) is 17.7. The summed E-state index contributed by atoms with van der Waals surface area (Å²) in [6.45, 7) is 9.24. The molecule has 0 amide bonds. The lowest BCUT2D eigenvalue weighted by Crippen LogP contribution is -2.49. The fraction of sp³-hybridized carbons (Fsp3) is 0.478. The Bertz CT molecular complexity index is 826. The van der Waals surface area contributed by atoms with Crippen LogP contribution in [0.2, 0.25) is 0 Å². The maximum absolute atomic E-state index is 10.8. The van der Waals surface area contributed by atoms with Crippen molar-refractivity contribution in [3.8, 4) is 0 Å². The van der Waals surface area contributed by atoms with Crippen molar-refractivity contribution in [3.05, 3.63) is 48.5 Å². The van der Waals surface area contributed by atoms with Gasteiger partial charge >= 0.3 is 0 Å². The van der Waals surface area contributed by atoms with Crippen LogP contribution in [0.1, 0.15) is 19.8 Å². The highest BCUT2D eigenvalue weighted by Crippen LogP contribution is 2.28. The number of hydrogen-bond acceptors (Lipinski definition) is 3. The van der Waals surface area contributed by atoms with E-state index in [1.165, 1.54) is 41.2 Å². The van der Waals surface area contributed by atoms with Crippen LogP contribution in [-0.2, 0) is 6.54 Å². The second-order valence-electron chi connectivity index (χ2n) is 7.79. The molecule has 4 heteroatoms. The summed E-state index contributed by atoms with van der Waals surface area (Å²) >= 11 is 0. The maximum atomic E-state index is 10.8. The number of β-amino-alcohol motifs (C(OH)–C–C–N with tert-alkyl or cyclic N) is 1. The molecule has 2 aromatic carbocycles. The van der Waals surface area contributed by atoms with Crippen LogP contribution in [0.15, 0.2) is 48.5 Å². The van der Waals surface area contributed by atoms with Gasteiger partial charge in [-0.3, -0.25) is 4.90 Å². The van der Waals surface area contributed by atoms with Gasteiger partial charge in [-0.2, -0.15) is 0 Å². The van der Waals surface area contributed by atoms with Gasteiger partial charge in [0.25, 0.3) is 0 Å². The van der Waals surface area contributed by atoms with Crippen LogP contribution in [0, 0.1) is 0 Å². The summed E-state index contributed by atoms with van der Waals surface area (Å²) in [7, 11) is 0. The quantitative estimate of drug-likeness (QED) is 0.694. The molecule has 144 valence electrons. The number of para-hydroxylation sites is 2. The molecule has 4 rings (SSSR count). The van der Waals surface area contributed by atoms with Crippen molar-refractivity contribution in [2.75, 3.05) is 39.3 Å². The Labute approximate surface area is 162 Å². The summed E-state index contributed by atoms with van der Waals surface area (Å²) < 4.78 is 2.28. The van der Waals surface area contributed by atoms with Gasteiger partial charge in [-0.05, 0) is 25.1 Å². The lowest BCUT2D eigenvalue weighted by molar-refractivity contribution is 0.0652. The second-order valence-corrected chi connectivity index (χ2v) is 7.79. The van der Waals surface area contributed by atoms with Crippen LogP contribution in [0.5, 0.6) is 0 Å². The largest absolute Gasteiger partial charge is 0.390 e. The monoisotopic (exact) mass is 365 g/mol. The standard InChI is InChI=1S/C23H31N3O/c1-2-3-12-24-13-15-25(16-14-24)17-19(27)18-26-22-10-6-4-8-20(22)21-9-5-7-11-23(21)26/h4-11,19,27H,2-3,12-18H2,1H3. The first kappa shape index (κ1) is 18.5. The SMILES string of the molecule is CCCCN1CCN(CC(O)Cn2c3ccccc3c3ccccc32)CC1. The van der Waals surface area contributed by atoms with E-state index in [0.717, 1.165) is 32.7 Å². The third kappa shape index (κ3) is 4.03. The van der Waals surface area contributed by atoms with Gasteiger partial charge in [-0.1, -0.05) is 49.7 Å². The molecule has 1 aliphatic rings. The van der Waals surface area contributed by atoms with Crippen LogP contribution in [-0.4, -0.2) is 64.8 Å². The molecular weight excluding hydrogens is 334 g/mol. The molecular formula is C23H31N3O. The van der Waals surface area contributed by atoms with Gasteiger partial charge in [0, 0.05) is 54.5 Å². The molecule has 1 unspecified atom stereocenters. The van der Waals surface area contributed by atoms with Crippen molar-refractivity contribution in [3.63, 3.8) is 0 Å². The molecule has 1 atom stereocenters. The van der Waals surface area contributed by atoms with Crippen molar-refractivity contribution in [2.45, 2.75) is 32.4 Å². The Balaban J connectivity index is 1.43. The molecule has 2 heterocycles. The number of fused-ring (bicyclic) bond motifs is 3. The van der Waals surface area contributed by atoms with E-state index < -0.39 is 0 Å². The summed E-state index contributed by atoms with van der Waals surface area (Å²) in [6, 6.07) is 17.0. The Morgan fingerprint density at radius 1 is 0.815 bits per heavy atom. The van der Waals surface area contributed by atoms with Crippen molar-refractivity contribution in [1.82, 2.24) is 14.4 Å². The molecule has 27 heavy (non-hydrogen) atoms. The van der Waals surface area contributed by atoms with Crippen LogP contribution < -0.4 is 0 Å². The van der Waals surface area contributed by atoms with Gasteiger partial charge in [0.1, 0.15) is 0 Å². The molecule has 4 nitrogen and oxygen atoms in total. The molecule has 1 fully saturated rings. The number of aliphatic hydroxyl groups is 1. The average molecular weight is 366 g/mol. The van der Waals surface area contributed by atoms with Gasteiger partial charge < -0.3 is 14.6 Å². The number of piperazine rings is 1. The number of aromatic nitrogens is 1. The molecule has 0 saturated carbocycles. The first-order valence-electron chi connectivity index (χ1n) is 10.3. The van der Waals surface area contributed by atoms with Gasteiger partial charge in [-0.15, -0.1) is 0 Å². The summed E-state index contributed by atoms with van der Waals surface area (Å²) in [6.07, 6.45) is 2.19. The van der Waals surface area contributed by atoms with E-state index in [9.17, 15) is 5.11 Å². The third-order valence-corrected chi connectivity index (χ3v) is 5.83. The summed E-state index contributed by atoms with van der Waals surface area (Å²) in [5.41, 5.74) is 2.42. The van der Waals surface area contributed by atoms with Crippen molar-refractivity contribution in [2.24, 2.45) is 0 Å². The smallest absolute Gasteiger partial charge is 0.0845 e. The maximum Gasteiger partial charge on any atom is 0.0845 e. The number of benzene rings is 2. The van der Waals surface area contributed by atoms with E-state index in [2.05, 4.69) is 69.8 Å². The van der Waals surface area contributed by atoms with E-state index in [1.807, 2.05) is 0 Å². The third-order valence-electron chi connectivity index (χ3n) is 5.83. The molecule has 0 aliphatic carbocycles. The zero-order chi connectivity index (χ0) is 18.6. The number of rotatable bonds is 7. The predicted molar refractivity (Wildman–Crippen MR) is 113 cm³/mol. The van der Waals surface area contributed by atoms with Crippen LogP contribution in [0.25, 0.3) is 21.8 Å². The van der Waals surface area contributed by atoms with Crippen LogP contribution >= 0.6 is 0 Å². The number of hydrogen-bond donors (Lipinski definition) is 1. The lowest BCUT2D eigenvalue weighted by atomic mass is 10.2. The fourth-order valence-electron chi connectivity index (χ4n) is 4.34. The first-order chi connectivity index (χ1) is 13.3. The molecule has 1 aromatic heterocycles. The first-order valence-corrected chi connectivity index (χ1v) is 10.3. The molecule has 3 aromatic rings. The molecule has 1 N–H and O–H groups in total. The van der Waals surface area contributed by atoms with Crippen LogP contribution in [0.3, 0.4) is 0 Å². The number of nitrogens with zero attached hydrogens (tertiary/aromatic N) is 3. The molecule has 0 radical (unpaired) electrons. The second kappa shape index (κ2) is 8.42. The molecule has 0 spiro atoms. The molecule has 1 aliphatic heterocycles. The van der Waals surface area contributed by atoms with Gasteiger partial charge in [0.2, 0.25) is 0 Å². The minimum absolute atomic E-state index is 0.355. The van der Waals surface area contributed by atoms with E-state index in [0.29, 0.717) is 6.54 Å². The van der Waals surface area contributed by atoms with E-state index in [4.69, 9.17) is 0 Å². The highest BCUT2D eigenvalue weighted by atomic mass is 16.3. The fourth-order valence-corrected chi connectivity index (χ4v) is 4.34. The average Bonchev–Trinajstić information content (AvgIpc) is 3.02. The van der Waals surface area contributed by atoms with Crippen molar-refractivity contribution < 1.29 is 5.11 Å². The number of unbranched alkanes of at least 4 members (excludes halogenated alkanes) is 1. The van der Waals surface area contributed by atoms with Gasteiger partial charge in [-0.25, -0.2) is 0 Å². The van der Waals surface area contributed by atoms with Gasteiger partial charge in [0.15, 0.2) is 0 Å². The van der Waals surface area contributed by atoms with Crippen molar-refractivity contribution >= 4 is 21.8 Å². The molecule has 1 saturated heterocycles. The zero-order valence-corrected chi connectivity index (χ0v) is 16.3. The Kier molecular flexibility index (Phi) is 5.77. The Morgan fingerprint density at radius 2 is 1.37 bits per heavy atom. The highest BCUT2D eigenvalue weighted by molar-refractivity contribution is 6.07. The number of aliphatic hydroxyl groups excluding tert-OH is 1. The van der Waals surface area contributed by atoms with E-state index in [1.54, 1.807) is 0 Å². The predicted octanol–water partition coefficient (Wildman–Crippen LogP) is 3.57. The summed E-state index contributed by atoms with van der Waals surface area (Å²) in [5, 5.41) is 13.4. The Morgan fingerprint density at radius 3 is 1.96 bits per heavy atom. The topological polar surface area (TPSA) is 31.6 Å². The Hall–Kier alpha value is -1.88.